The predicted molar refractivity (Wildman–Crippen MR) is 62.5 cm³/mol. The van der Waals surface area contributed by atoms with Gasteiger partial charge in [-0.15, -0.1) is 0 Å². The van der Waals surface area contributed by atoms with Gasteiger partial charge in [0.25, 0.3) is 5.97 Å². The molecule has 0 saturated heterocycles. The number of hydrogen-bond acceptors (Lipinski definition) is 1. The van der Waals surface area contributed by atoms with Crippen LogP contribution in [0.3, 0.4) is 0 Å². The van der Waals surface area contributed by atoms with Gasteiger partial charge in [-0.25, -0.2) is 0 Å². The first-order valence-corrected chi connectivity index (χ1v) is 4.17. The summed E-state index contributed by atoms with van der Waals surface area (Å²) in [4.78, 5) is 9.00. The molecule has 0 atom stereocenters. The van der Waals surface area contributed by atoms with Gasteiger partial charge in [0.05, 0.1) is 0 Å². The molecule has 78 valence electrons. The van der Waals surface area contributed by atoms with E-state index in [0.717, 1.165) is 6.92 Å². The molecule has 0 spiro atoms. The molecule has 1 rings (SSSR count). The van der Waals surface area contributed by atoms with Gasteiger partial charge in [-0.05, 0) is 31.9 Å². The Morgan fingerprint density at radius 3 is 1.86 bits per heavy atom. The zero-order valence-electron chi connectivity index (χ0n) is 9.29. The second-order valence-corrected chi connectivity index (χ2v) is 3.11. The fourth-order valence-electron chi connectivity index (χ4n) is 0.891. The van der Waals surface area contributed by atoms with Crippen LogP contribution in [0.5, 0.6) is 0 Å². The normalized spacial score (nSPS) is 8.00. The third-order valence-corrected chi connectivity index (χ3v) is 1.66. The fourth-order valence-corrected chi connectivity index (χ4v) is 0.891. The van der Waals surface area contributed by atoms with Gasteiger partial charge in [0, 0.05) is 6.92 Å². The van der Waals surface area contributed by atoms with Crippen LogP contribution < -0.4 is 0 Å². The molecule has 0 fully saturated rings. The maximum absolute atomic E-state index is 9.00. The Hall–Kier alpha value is -0.388. The summed E-state index contributed by atoms with van der Waals surface area (Å²) in [5.41, 5.74) is 4.11. The van der Waals surface area contributed by atoms with Crippen molar-refractivity contribution in [3.05, 3.63) is 34.9 Å². The van der Waals surface area contributed by atoms with E-state index in [4.69, 9.17) is 9.90 Å². The van der Waals surface area contributed by atoms with Gasteiger partial charge in [-0.2, -0.15) is 0 Å². The van der Waals surface area contributed by atoms with Crippen molar-refractivity contribution >= 4 is 33.3 Å². The van der Waals surface area contributed by atoms with Crippen LogP contribution in [-0.4, -0.2) is 38.4 Å². The number of carbonyl (C=O) groups is 1. The maximum atomic E-state index is 9.00. The van der Waals surface area contributed by atoms with Crippen molar-refractivity contribution in [3.63, 3.8) is 0 Å². The molecular formula is C11H18O2Pb. The van der Waals surface area contributed by atoms with Crippen molar-refractivity contribution in [1.29, 1.82) is 0 Å². The Labute approximate surface area is 106 Å². The molecule has 0 amide bonds. The van der Waals surface area contributed by atoms with E-state index in [1.807, 2.05) is 0 Å². The second-order valence-electron chi connectivity index (χ2n) is 3.11. The van der Waals surface area contributed by atoms with Gasteiger partial charge >= 0.3 is 27.3 Å². The predicted octanol–water partition coefficient (Wildman–Crippen LogP) is 1.79. The first kappa shape index (κ1) is 16.1. The number of carboxylic acids is 1. The SMILES string of the molecule is CC(=O)O.Cc1ccc(C)c(C)c1.[PbH2]. The number of rotatable bonds is 0. The molecule has 1 N–H and O–H groups in total. The summed E-state index contributed by atoms with van der Waals surface area (Å²) in [5, 5.41) is 7.42. The molecule has 1 aromatic rings. The molecule has 14 heavy (non-hydrogen) atoms. The van der Waals surface area contributed by atoms with Gasteiger partial charge in [-0.3, -0.25) is 4.79 Å². The molecule has 0 aliphatic heterocycles. The van der Waals surface area contributed by atoms with E-state index in [1.54, 1.807) is 0 Å². The van der Waals surface area contributed by atoms with Crippen molar-refractivity contribution < 1.29 is 9.90 Å². The Kier molecular flexibility index (Phi) is 9.14. The summed E-state index contributed by atoms with van der Waals surface area (Å²) in [6, 6.07) is 6.50. The summed E-state index contributed by atoms with van der Waals surface area (Å²) in [5.74, 6) is -0.833. The monoisotopic (exact) mass is 390 g/mol. The number of aryl methyl sites for hydroxylation is 3. The van der Waals surface area contributed by atoms with E-state index in [2.05, 4.69) is 39.0 Å². The molecule has 0 heterocycles. The second kappa shape index (κ2) is 7.96. The zero-order valence-corrected chi connectivity index (χ0v) is 14.8. The van der Waals surface area contributed by atoms with E-state index in [1.165, 1.54) is 16.7 Å². The van der Waals surface area contributed by atoms with Crippen LogP contribution in [0, 0.1) is 20.8 Å². The summed E-state index contributed by atoms with van der Waals surface area (Å²) in [6.45, 7) is 7.48. The van der Waals surface area contributed by atoms with Crippen LogP contribution in [0.2, 0.25) is 0 Å². The van der Waals surface area contributed by atoms with E-state index in [9.17, 15) is 0 Å². The van der Waals surface area contributed by atoms with Crippen LogP contribution >= 0.6 is 0 Å². The molecule has 2 nitrogen and oxygen atoms in total. The first-order chi connectivity index (χ1) is 5.93. The fraction of sp³-hybridized carbons (Fsp3) is 0.364. The summed E-state index contributed by atoms with van der Waals surface area (Å²) in [6.07, 6.45) is 0. The Morgan fingerprint density at radius 2 is 1.57 bits per heavy atom. The van der Waals surface area contributed by atoms with Crippen molar-refractivity contribution in [2.45, 2.75) is 27.7 Å². The zero-order chi connectivity index (χ0) is 10.4. The molecule has 0 aliphatic rings. The Bertz CT molecular complexity index is 291. The third-order valence-electron chi connectivity index (χ3n) is 1.66. The Morgan fingerprint density at radius 1 is 1.14 bits per heavy atom. The van der Waals surface area contributed by atoms with Crippen LogP contribution in [-0.2, 0) is 4.79 Å². The molecule has 0 aromatic heterocycles. The molecule has 0 unspecified atom stereocenters. The van der Waals surface area contributed by atoms with E-state index in [0.29, 0.717) is 0 Å². The van der Waals surface area contributed by atoms with E-state index < -0.39 is 5.97 Å². The van der Waals surface area contributed by atoms with Crippen molar-refractivity contribution in [3.8, 4) is 0 Å². The topological polar surface area (TPSA) is 37.3 Å². The van der Waals surface area contributed by atoms with E-state index in [-0.39, 0.29) is 27.3 Å². The molecule has 1 aromatic carbocycles. The van der Waals surface area contributed by atoms with Gasteiger partial charge < -0.3 is 5.11 Å². The van der Waals surface area contributed by atoms with Crippen molar-refractivity contribution in [2.75, 3.05) is 0 Å². The summed E-state index contributed by atoms with van der Waals surface area (Å²) >= 11 is 0. The first-order valence-electron chi connectivity index (χ1n) is 4.17. The molecule has 2 radical (unpaired) electrons. The van der Waals surface area contributed by atoms with Crippen molar-refractivity contribution in [2.24, 2.45) is 0 Å². The average molecular weight is 389 g/mol. The number of hydrogen-bond donors (Lipinski definition) is 1. The van der Waals surface area contributed by atoms with Crippen LogP contribution in [0.15, 0.2) is 18.2 Å². The van der Waals surface area contributed by atoms with Crippen LogP contribution in [0.4, 0.5) is 0 Å². The quantitative estimate of drug-likeness (QED) is 0.687. The Balaban J connectivity index is 0. The van der Waals surface area contributed by atoms with Gasteiger partial charge in [0.15, 0.2) is 0 Å². The summed E-state index contributed by atoms with van der Waals surface area (Å²) in [7, 11) is 0. The number of benzene rings is 1. The number of carboxylic acid groups (broad SMARTS) is 1. The van der Waals surface area contributed by atoms with Gasteiger partial charge in [0.1, 0.15) is 0 Å². The molecule has 0 saturated carbocycles. The average Bonchev–Trinajstić information content (AvgIpc) is 1.96. The summed E-state index contributed by atoms with van der Waals surface area (Å²) < 4.78 is 0. The minimum atomic E-state index is -0.833. The molecule has 0 bridgehead atoms. The minimum absolute atomic E-state index is 0. The molecule has 3 heteroatoms. The molecular weight excluding hydrogens is 371 g/mol. The van der Waals surface area contributed by atoms with Gasteiger partial charge in [0.2, 0.25) is 0 Å². The molecule has 0 aliphatic carbocycles. The number of aliphatic carboxylic acids is 1. The standard InChI is InChI=1S/C9H12.C2H4O2.Pb.2H/c1-7-4-5-8(2)9(3)6-7;1-2(3)4;;;/h4-6H,1-3H3;1H3,(H,3,4);;;. The van der Waals surface area contributed by atoms with Gasteiger partial charge in [-0.1, -0.05) is 23.8 Å². The van der Waals surface area contributed by atoms with Crippen molar-refractivity contribution in [1.82, 2.24) is 0 Å². The van der Waals surface area contributed by atoms with E-state index >= 15 is 0 Å². The van der Waals surface area contributed by atoms with Crippen LogP contribution in [0.25, 0.3) is 0 Å². The third kappa shape index (κ3) is 8.22. The van der Waals surface area contributed by atoms with Crippen LogP contribution in [0.1, 0.15) is 23.6 Å².